The Morgan fingerprint density at radius 1 is 0.800 bits per heavy atom. The van der Waals surface area contributed by atoms with E-state index in [1.165, 1.54) is 27.8 Å². The average molecular weight is 840 g/mol. The van der Waals surface area contributed by atoms with Crippen molar-refractivity contribution in [1.82, 2.24) is 19.3 Å². The van der Waals surface area contributed by atoms with Crippen LogP contribution in [0.1, 0.15) is 76.6 Å². The molecule has 0 aliphatic rings. The maximum absolute atomic E-state index is 6.61. The number of aryl methyl sites for hydroxylation is 3. The van der Waals surface area contributed by atoms with Crippen LogP contribution in [0.2, 0.25) is 0 Å². The van der Waals surface area contributed by atoms with E-state index in [2.05, 4.69) is 137 Å². The molecule has 3 heterocycles. The minimum atomic E-state index is -0.00220. The molecule has 0 saturated carbocycles. The molecule has 0 saturated heterocycles. The van der Waals surface area contributed by atoms with Gasteiger partial charge in [-0.1, -0.05) is 103 Å². The third-order valence-electron chi connectivity index (χ3n) is 9.44. The SMILES string of the molecule is CCCCc1cc(Oc2[c-]c3c(cc2)c2ccccc2n3-c2cc(C(C)(C)C)ccn2)[c-]c(-n2cc(-c3c(CC)cccc3CC)cn2)c1.[Pt+2]. The number of unbranched alkanes of at least 4 members (excludes halogenated alkanes) is 1. The van der Waals surface area contributed by atoms with Crippen LogP contribution in [0, 0.1) is 12.1 Å². The summed E-state index contributed by atoms with van der Waals surface area (Å²) in [5, 5.41) is 7.09. The van der Waals surface area contributed by atoms with Gasteiger partial charge in [-0.3, -0.25) is 4.68 Å². The topological polar surface area (TPSA) is 44.9 Å². The second-order valence-electron chi connectivity index (χ2n) is 13.9. The normalized spacial score (nSPS) is 11.6. The first-order valence-electron chi connectivity index (χ1n) is 17.6. The van der Waals surface area contributed by atoms with Crippen LogP contribution in [-0.4, -0.2) is 19.3 Å². The summed E-state index contributed by atoms with van der Waals surface area (Å²) >= 11 is 0. The molecule has 0 spiro atoms. The van der Waals surface area contributed by atoms with E-state index in [4.69, 9.17) is 14.8 Å². The molecule has 256 valence electrons. The molecule has 7 aromatic rings. The van der Waals surface area contributed by atoms with E-state index in [0.29, 0.717) is 11.5 Å². The fraction of sp³-hybridized carbons (Fsp3) is 0.273. The van der Waals surface area contributed by atoms with Gasteiger partial charge in [-0.05, 0) is 69.8 Å². The van der Waals surface area contributed by atoms with Gasteiger partial charge >= 0.3 is 21.1 Å². The number of fused-ring (bicyclic) bond motifs is 3. The molecule has 0 radical (unpaired) electrons. The van der Waals surface area contributed by atoms with E-state index in [1.807, 2.05) is 23.1 Å². The van der Waals surface area contributed by atoms with Crippen LogP contribution in [0.5, 0.6) is 11.5 Å². The number of hydrogen-bond donors (Lipinski definition) is 0. The number of benzene rings is 4. The second kappa shape index (κ2) is 14.8. The molecule has 0 N–H and O–H groups in total. The minimum Gasteiger partial charge on any atom is -0.509 e. The Labute approximate surface area is 310 Å². The molecule has 4 aromatic carbocycles. The fourth-order valence-electron chi connectivity index (χ4n) is 6.78. The van der Waals surface area contributed by atoms with Gasteiger partial charge in [-0.25, -0.2) is 4.98 Å². The number of ether oxygens (including phenoxy) is 1. The molecule has 0 amide bonds. The molecule has 7 rings (SSSR count). The minimum absolute atomic E-state index is 0. The van der Waals surface area contributed by atoms with E-state index in [-0.39, 0.29) is 26.5 Å². The summed E-state index contributed by atoms with van der Waals surface area (Å²) in [6, 6.07) is 34.9. The van der Waals surface area contributed by atoms with Crippen molar-refractivity contribution in [1.29, 1.82) is 0 Å². The average Bonchev–Trinajstić information content (AvgIpc) is 3.73. The quantitative estimate of drug-likeness (QED) is 0.129. The standard InChI is InChI=1S/C44H44N4O.Pt/c1-7-10-14-30-23-35(47-29-33(28-46-47)43-31(8-2)15-13-16-32(43)9-3)26-37(24-30)49-36-19-20-39-38-17-11-12-18-40(38)48(41(39)27-36)42-25-34(21-22-45-42)44(4,5)6;/h11-13,15-25,28-29H,7-10,14H2,1-6H3;/q-2;+2. The molecule has 3 aromatic heterocycles. The maximum Gasteiger partial charge on any atom is 2.00 e. The van der Waals surface area contributed by atoms with Gasteiger partial charge in [0.05, 0.1) is 6.20 Å². The Balaban J connectivity index is 0.00000432. The number of rotatable bonds is 10. The van der Waals surface area contributed by atoms with Crippen molar-refractivity contribution in [2.24, 2.45) is 0 Å². The van der Waals surface area contributed by atoms with Gasteiger partial charge in [-0.15, -0.1) is 35.7 Å². The van der Waals surface area contributed by atoms with Crippen molar-refractivity contribution < 1.29 is 25.8 Å². The third-order valence-corrected chi connectivity index (χ3v) is 9.44. The molecule has 0 aliphatic carbocycles. The van der Waals surface area contributed by atoms with Crippen LogP contribution in [0.3, 0.4) is 0 Å². The third kappa shape index (κ3) is 6.94. The van der Waals surface area contributed by atoms with Crippen LogP contribution >= 0.6 is 0 Å². The largest absolute Gasteiger partial charge is 2.00 e. The van der Waals surface area contributed by atoms with Crippen molar-refractivity contribution in [2.45, 2.75) is 79.1 Å². The van der Waals surface area contributed by atoms with E-state index in [1.54, 1.807) is 0 Å². The summed E-state index contributed by atoms with van der Waals surface area (Å²) in [6.45, 7) is 13.3. The first-order chi connectivity index (χ1) is 23.8. The number of hydrogen-bond acceptors (Lipinski definition) is 3. The van der Waals surface area contributed by atoms with Crippen LogP contribution in [0.15, 0.2) is 97.5 Å². The van der Waals surface area contributed by atoms with Gasteiger partial charge < -0.3 is 9.30 Å². The Morgan fingerprint density at radius 3 is 2.32 bits per heavy atom. The molecule has 0 atom stereocenters. The summed E-state index contributed by atoms with van der Waals surface area (Å²) in [7, 11) is 0. The predicted octanol–water partition coefficient (Wildman–Crippen LogP) is 11.2. The van der Waals surface area contributed by atoms with Crippen LogP contribution in [0.4, 0.5) is 0 Å². The number of para-hydroxylation sites is 1. The molecule has 0 aliphatic heterocycles. The zero-order chi connectivity index (χ0) is 34.1. The van der Waals surface area contributed by atoms with Crippen molar-refractivity contribution in [3.8, 4) is 34.1 Å². The van der Waals surface area contributed by atoms with Gasteiger partial charge in [0, 0.05) is 35.0 Å². The monoisotopic (exact) mass is 839 g/mol. The Bertz CT molecular complexity index is 2250. The molecular formula is C44H44N4OPt. The molecule has 50 heavy (non-hydrogen) atoms. The number of nitrogens with zero attached hydrogens (tertiary/aromatic N) is 4. The van der Waals surface area contributed by atoms with E-state index in [9.17, 15) is 0 Å². The van der Waals surface area contributed by atoms with Crippen LogP contribution in [-0.2, 0) is 45.7 Å². The first kappa shape index (κ1) is 35.4. The maximum atomic E-state index is 6.61. The van der Waals surface area contributed by atoms with Crippen LogP contribution < -0.4 is 4.74 Å². The van der Waals surface area contributed by atoms with E-state index < -0.39 is 0 Å². The predicted molar refractivity (Wildman–Crippen MR) is 201 cm³/mol. The Kier molecular flexibility index (Phi) is 10.5. The molecule has 0 unspecified atom stereocenters. The van der Waals surface area contributed by atoms with Gasteiger partial charge in [-0.2, -0.15) is 16.7 Å². The summed E-state index contributed by atoms with van der Waals surface area (Å²) in [6.07, 6.45) is 11.1. The van der Waals surface area contributed by atoms with Gasteiger partial charge in [0.2, 0.25) is 0 Å². The van der Waals surface area contributed by atoms with Crippen molar-refractivity contribution in [3.63, 3.8) is 0 Å². The Morgan fingerprint density at radius 2 is 1.58 bits per heavy atom. The van der Waals surface area contributed by atoms with Gasteiger partial charge in [0.25, 0.3) is 0 Å². The van der Waals surface area contributed by atoms with Gasteiger partial charge in [0.1, 0.15) is 5.82 Å². The van der Waals surface area contributed by atoms with Crippen molar-refractivity contribution >= 4 is 21.8 Å². The molecule has 6 heteroatoms. The number of pyridine rings is 1. The molecule has 5 nitrogen and oxygen atoms in total. The molecule has 0 fully saturated rings. The van der Waals surface area contributed by atoms with Gasteiger partial charge in [0.15, 0.2) is 0 Å². The smallest absolute Gasteiger partial charge is 0.509 e. The zero-order valence-corrected chi connectivity index (χ0v) is 32.1. The fourth-order valence-corrected chi connectivity index (χ4v) is 6.78. The zero-order valence-electron chi connectivity index (χ0n) is 29.8. The van der Waals surface area contributed by atoms with E-state index >= 15 is 0 Å². The summed E-state index contributed by atoms with van der Waals surface area (Å²) in [5.74, 6) is 2.15. The van der Waals surface area contributed by atoms with Crippen LogP contribution in [0.25, 0.3) is 44.4 Å². The molecular weight excluding hydrogens is 796 g/mol. The summed E-state index contributed by atoms with van der Waals surface area (Å²) < 4.78 is 10.7. The van der Waals surface area contributed by atoms with E-state index in [0.717, 1.165) is 71.0 Å². The Hall–Kier alpha value is -4.47. The van der Waals surface area contributed by atoms with Crippen molar-refractivity contribution in [2.75, 3.05) is 0 Å². The number of aromatic nitrogens is 4. The second-order valence-corrected chi connectivity index (χ2v) is 13.9. The summed E-state index contributed by atoms with van der Waals surface area (Å²) in [5.41, 5.74) is 10.4. The first-order valence-corrected chi connectivity index (χ1v) is 17.6. The summed E-state index contributed by atoms with van der Waals surface area (Å²) in [4.78, 5) is 4.83. The van der Waals surface area contributed by atoms with Crippen molar-refractivity contribution in [3.05, 3.63) is 132 Å². The molecule has 0 bridgehead atoms.